The summed E-state index contributed by atoms with van der Waals surface area (Å²) < 4.78 is 18.5. The van der Waals surface area contributed by atoms with Crippen LogP contribution < -0.4 is 5.32 Å². The molecule has 1 aliphatic heterocycles. The molecule has 1 atom stereocenters. The molecule has 0 bridgehead atoms. The first-order valence-corrected chi connectivity index (χ1v) is 11.0. The van der Waals surface area contributed by atoms with Crippen LogP contribution in [0.4, 0.5) is 4.39 Å². The van der Waals surface area contributed by atoms with E-state index in [0.29, 0.717) is 25.3 Å². The van der Waals surface area contributed by atoms with E-state index >= 15 is 0 Å². The van der Waals surface area contributed by atoms with E-state index in [1.54, 1.807) is 19.2 Å². The van der Waals surface area contributed by atoms with Gasteiger partial charge in [0, 0.05) is 25.8 Å². The van der Waals surface area contributed by atoms with Crippen molar-refractivity contribution in [3.63, 3.8) is 0 Å². The zero-order chi connectivity index (χ0) is 21.8. The largest absolute Gasteiger partial charge is 0.383 e. The molecule has 164 valence electrons. The van der Waals surface area contributed by atoms with Gasteiger partial charge in [-0.1, -0.05) is 49.6 Å². The van der Waals surface area contributed by atoms with Gasteiger partial charge >= 0.3 is 0 Å². The number of hydrogen-bond acceptors (Lipinski definition) is 3. The number of amides is 2. The van der Waals surface area contributed by atoms with Gasteiger partial charge in [-0.25, -0.2) is 4.39 Å². The van der Waals surface area contributed by atoms with Gasteiger partial charge in [0.2, 0.25) is 5.91 Å². The maximum Gasteiger partial charge on any atom is 0.254 e. The number of carbonyl (C=O) groups is 2. The van der Waals surface area contributed by atoms with Gasteiger partial charge in [-0.3, -0.25) is 9.59 Å². The molecule has 1 N–H and O–H groups in total. The van der Waals surface area contributed by atoms with E-state index in [0.717, 1.165) is 43.2 Å². The van der Waals surface area contributed by atoms with E-state index in [4.69, 9.17) is 4.74 Å². The number of methoxy groups -OCH3 is 1. The molecule has 2 aromatic carbocycles. The Morgan fingerprint density at radius 3 is 2.55 bits per heavy atom. The standard InChI is InChI=1S/C25H29FN2O3/c1-31-16-15-28-24(30)21-8-4-3-7-20(21)22(25(28)13-5-2-6-14-25)23(29)27-17-18-9-11-19(26)12-10-18/h3-4,7-12,22H,2,5-6,13-17H2,1H3,(H,27,29)/t22-/m1/s1. The average molecular weight is 425 g/mol. The van der Waals surface area contributed by atoms with Crippen LogP contribution in [0.1, 0.15) is 59.5 Å². The highest BCUT2D eigenvalue weighted by molar-refractivity contribution is 6.02. The monoisotopic (exact) mass is 424 g/mol. The van der Waals surface area contributed by atoms with Gasteiger partial charge in [-0.2, -0.15) is 0 Å². The second-order valence-corrected chi connectivity index (χ2v) is 8.48. The summed E-state index contributed by atoms with van der Waals surface area (Å²) in [5, 5.41) is 3.06. The van der Waals surface area contributed by atoms with Crippen LogP contribution in [0.2, 0.25) is 0 Å². The molecule has 0 saturated heterocycles. The summed E-state index contributed by atoms with van der Waals surface area (Å²) in [6.45, 7) is 1.21. The van der Waals surface area contributed by atoms with E-state index in [1.807, 2.05) is 29.2 Å². The quantitative estimate of drug-likeness (QED) is 0.762. The minimum absolute atomic E-state index is 0.0165. The highest BCUT2D eigenvalue weighted by atomic mass is 19.1. The van der Waals surface area contributed by atoms with Crippen molar-refractivity contribution in [1.29, 1.82) is 0 Å². The Balaban J connectivity index is 1.70. The number of nitrogens with zero attached hydrogens (tertiary/aromatic N) is 1. The highest BCUT2D eigenvalue weighted by Gasteiger charge is 2.54. The Bertz CT molecular complexity index is 938. The van der Waals surface area contributed by atoms with E-state index in [2.05, 4.69) is 5.32 Å². The molecule has 4 rings (SSSR count). The lowest BCUT2D eigenvalue weighted by Gasteiger charge is -2.53. The molecule has 0 radical (unpaired) electrons. The molecule has 5 nitrogen and oxygen atoms in total. The van der Waals surface area contributed by atoms with Crippen molar-refractivity contribution >= 4 is 11.8 Å². The first kappa shape index (κ1) is 21.5. The summed E-state index contributed by atoms with van der Waals surface area (Å²) in [6.07, 6.45) is 4.68. The second-order valence-electron chi connectivity index (χ2n) is 8.48. The first-order chi connectivity index (χ1) is 15.1. The number of nitrogens with one attached hydrogen (secondary N) is 1. The third-order valence-electron chi connectivity index (χ3n) is 6.70. The summed E-state index contributed by atoms with van der Waals surface area (Å²) in [5.41, 5.74) is 1.69. The van der Waals surface area contributed by atoms with Gasteiger partial charge in [0.05, 0.1) is 18.1 Å². The third-order valence-corrected chi connectivity index (χ3v) is 6.70. The molecule has 2 aromatic rings. The lowest BCUT2D eigenvalue weighted by Crippen LogP contribution is -2.63. The summed E-state index contributed by atoms with van der Waals surface area (Å²) in [5.74, 6) is -0.852. The molecule has 1 heterocycles. The molecule has 1 fully saturated rings. The lowest BCUT2D eigenvalue weighted by molar-refractivity contribution is -0.127. The van der Waals surface area contributed by atoms with Crippen LogP contribution in [0.3, 0.4) is 0 Å². The molecule has 1 spiro atoms. The molecule has 6 heteroatoms. The fourth-order valence-corrected chi connectivity index (χ4v) is 5.24. The van der Waals surface area contributed by atoms with E-state index in [1.165, 1.54) is 12.1 Å². The Labute approximate surface area is 182 Å². The lowest BCUT2D eigenvalue weighted by atomic mass is 9.65. The number of carbonyl (C=O) groups excluding carboxylic acids is 2. The number of benzene rings is 2. The Morgan fingerprint density at radius 2 is 1.84 bits per heavy atom. The van der Waals surface area contributed by atoms with Crippen LogP contribution in [0.15, 0.2) is 48.5 Å². The fourth-order valence-electron chi connectivity index (χ4n) is 5.24. The topological polar surface area (TPSA) is 58.6 Å². The summed E-state index contributed by atoms with van der Waals surface area (Å²) in [7, 11) is 1.63. The molecule has 0 aromatic heterocycles. The Kier molecular flexibility index (Phi) is 6.37. The number of halogens is 1. The number of ether oxygens (including phenoxy) is 1. The van der Waals surface area contributed by atoms with Gasteiger partial charge in [0.1, 0.15) is 5.82 Å². The maximum absolute atomic E-state index is 13.6. The smallest absolute Gasteiger partial charge is 0.254 e. The van der Waals surface area contributed by atoms with Crippen LogP contribution in [0.5, 0.6) is 0 Å². The first-order valence-electron chi connectivity index (χ1n) is 11.0. The maximum atomic E-state index is 13.6. The van der Waals surface area contributed by atoms with Gasteiger partial charge in [-0.15, -0.1) is 0 Å². The third kappa shape index (κ3) is 4.09. The molecular weight excluding hydrogens is 395 g/mol. The summed E-state index contributed by atoms with van der Waals surface area (Å²) in [4.78, 5) is 29.0. The second kappa shape index (κ2) is 9.18. The van der Waals surface area contributed by atoms with Crippen molar-refractivity contribution in [3.05, 3.63) is 71.0 Å². The summed E-state index contributed by atoms with van der Waals surface area (Å²) in [6, 6.07) is 13.6. The van der Waals surface area contributed by atoms with Crippen LogP contribution in [-0.2, 0) is 16.1 Å². The minimum Gasteiger partial charge on any atom is -0.383 e. The van der Waals surface area contributed by atoms with Crippen molar-refractivity contribution in [2.45, 2.75) is 50.1 Å². The number of hydrogen-bond donors (Lipinski definition) is 1. The predicted octanol–water partition coefficient (Wildman–Crippen LogP) is 4.03. The van der Waals surface area contributed by atoms with Crippen LogP contribution >= 0.6 is 0 Å². The molecule has 2 amide bonds. The normalized spacial score (nSPS) is 19.9. The van der Waals surface area contributed by atoms with Gasteiger partial charge in [0.25, 0.3) is 5.91 Å². The molecule has 31 heavy (non-hydrogen) atoms. The highest BCUT2D eigenvalue weighted by Crippen LogP contribution is 2.49. The predicted molar refractivity (Wildman–Crippen MR) is 116 cm³/mol. The van der Waals surface area contributed by atoms with Crippen LogP contribution in [-0.4, -0.2) is 42.5 Å². The average Bonchev–Trinajstić information content (AvgIpc) is 2.79. The molecule has 2 aliphatic rings. The Hall–Kier alpha value is -2.73. The molecule has 1 saturated carbocycles. The minimum atomic E-state index is -0.547. The Morgan fingerprint density at radius 1 is 1.13 bits per heavy atom. The number of rotatable bonds is 6. The van der Waals surface area contributed by atoms with Crippen LogP contribution in [0.25, 0.3) is 0 Å². The molecule has 1 aliphatic carbocycles. The van der Waals surface area contributed by atoms with Gasteiger partial charge in [0.15, 0.2) is 0 Å². The van der Waals surface area contributed by atoms with Crippen LogP contribution in [0, 0.1) is 5.82 Å². The van der Waals surface area contributed by atoms with E-state index in [-0.39, 0.29) is 17.6 Å². The van der Waals surface area contributed by atoms with Crippen molar-refractivity contribution < 1.29 is 18.7 Å². The SMILES string of the molecule is COCCN1C(=O)c2ccccc2[C@H](C(=O)NCc2ccc(F)cc2)C12CCCCC2. The van der Waals surface area contributed by atoms with E-state index in [9.17, 15) is 14.0 Å². The number of fused-ring (bicyclic) bond motifs is 1. The fraction of sp³-hybridized carbons (Fsp3) is 0.440. The molecular formula is C25H29FN2O3. The van der Waals surface area contributed by atoms with Gasteiger partial charge in [-0.05, 0) is 42.2 Å². The summed E-state index contributed by atoms with van der Waals surface area (Å²) >= 11 is 0. The van der Waals surface area contributed by atoms with Gasteiger partial charge < -0.3 is 15.0 Å². The zero-order valence-electron chi connectivity index (χ0n) is 17.9. The van der Waals surface area contributed by atoms with Crippen molar-refractivity contribution in [2.75, 3.05) is 20.3 Å². The van der Waals surface area contributed by atoms with E-state index < -0.39 is 11.5 Å². The zero-order valence-corrected chi connectivity index (χ0v) is 17.9. The van der Waals surface area contributed by atoms with Crippen molar-refractivity contribution in [3.8, 4) is 0 Å². The van der Waals surface area contributed by atoms with Crippen molar-refractivity contribution in [1.82, 2.24) is 10.2 Å². The molecule has 0 unspecified atom stereocenters. The van der Waals surface area contributed by atoms with Crippen molar-refractivity contribution in [2.24, 2.45) is 0 Å².